The Morgan fingerprint density at radius 3 is 2.65 bits per heavy atom. The minimum Gasteiger partial charge on any atom is -0.369 e. The molecule has 9 nitrogen and oxygen atoms in total. The molecule has 1 unspecified atom stereocenters. The molecule has 9 heteroatoms. The Balaban J connectivity index is 1.35. The van der Waals surface area contributed by atoms with Gasteiger partial charge in [0.2, 0.25) is 23.6 Å². The van der Waals surface area contributed by atoms with Gasteiger partial charge in [0.15, 0.2) is 0 Å². The van der Waals surface area contributed by atoms with Gasteiger partial charge in [-0.25, -0.2) is 0 Å². The van der Waals surface area contributed by atoms with Crippen LogP contribution in [0.4, 0.5) is 17.1 Å². The number of fused-ring (bicyclic) bond motifs is 1. The van der Waals surface area contributed by atoms with Crippen LogP contribution < -0.4 is 21.3 Å². The molecular formula is C25H29N5O4. The normalized spacial score (nSPS) is 18.1. The van der Waals surface area contributed by atoms with Crippen LogP contribution in [-0.4, -0.2) is 48.2 Å². The lowest BCUT2D eigenvalue weighted by atomic mass is 9.97. The summed E-state index contributed by atoms with van der Waals surface area (Å²) in [5.74, 6) is -1.24. The van der Waals surface area contributed by atoms with Gasteiger partial charge in [0.05, 0.1) is 17.3 Å². The fraction of sp³-hybridized carbons (Fsp3) is 0.360. The van der Waals surface area contributed by atoms with Crippen LogP contribution in [-0.2, 0) is 25.7 Å². The molecule has 0 spiro atoms. The number of carbonyl (C=O) groups excluding carboxylic acids is 4. The highest BCUT2D eigenvalue weighted by atomic mass is 16.2. The molecule has 4 N–H and O–H groups in total. The molecule has 2 aliphatic heterocycles. The number of benzene rings is 2. The number of rotatable bonds is 7. The molecular weight excluding hydrogens is 434 g/mol. The summed E-state index contributed by atoms with van der Waals surface area (Å²) in [6.07, 6.45) is 1.70. The highest BCUT2D eigenvalue weighted by Crippen LogP contribution is 2.29. The number of hydrogen-bond donors (Lipinski definition) is 3. The van der Waals surface area contributed by atoms with Crippen LogP contribution in [0.3, 0.4) is 0 Å². The van der Waals surface area contributed by atoms with Gasteiger partial charge >= 0.3 is 0 Å². The van der Waals surface area contributed by atoms with E-state index in [-0.39, 0.29) is 48.9 Å². The van der Waals surface area contributed by atoms with Crippen molar-refractivity contribution in [3.8, 4) is 0 Å². The van der Waals surface area contributed by atoms with Crippen LogP contribution in [0, 0.1) is 5.92 Å². The second kappa shape index (κ2) is 10.5. The van der Waals surface area contributed by atoms with Crippen LogP contribution in [0.5, 0.6) is 0 Å². The third kappa shape index (κ3) is 5.60. The molecule has 2 aromatic carbocycles. The highest BCUT2D eigenvalue weighted by molar-refractivity contribution is 6.10. The van der Waals surface area contributed by atoms with Gasteiger partial charge in [-0.05, 0) is 43.1 Å². The van der Waals surface area contributed by atoms with E-state index in [0.717, 1.165) is 24.9 Å². The monoisotopic (exact) mass is 463 g/mol. The fourth-order valence-corrected chi connectivity index (χ4v) is 4.48. The van der Waals surface area contributed by atoms with E-state index >= 15 is 0 Å². The second-order valence-corrected chi connectivity index (χ2v) is 8.73. The van der Waals surface area contributed by atoms with Crippen LogP contribution in [0.25, 0.3) is 0 Å². The Morgan fingerprint density at radius 1 is 1.06 bits per heavy atom. The maximum Gasteiger partial charge on any atom is 0.244 e. The molecule has 0 bridgehead atoms. The van der Waals surface area contributed by atoms with Gasteiger partial charge in [-0.3, -0.25) is 24.1 Å². The van der Waals surface area contributed by atoms with E-state index in [0.29, 0.717) is 30.2 Å². The van der Waals surface area contributed by atoms with Crippen molar-refractivity contribution in [2.24, 2.45) is 11.7 Å². The lowest BCUT2D eigenvalue weighted by Gasteiger charge is -2.31. The molecule has 1 atom stereocenters. The Morgan fingerprint density at radius 2 is 1.82 bits per heavy atom. The quantitative estimate of drug-likeness (QED) is 0.580. The van der Waals surface area contributed by atoms with E-state index in [4.69, 9.17) is 5.73 Å². The minimum atomic E-state index is -0.281. The van der Waals surface area contributed by atoms with E-state index in [1.807, 2.05) is 24.3 Å². The molecule has 178 valence electrons. The van der Waals surface area contributed by atoms with Crippen molar-refractivity contribution in [3.05, 3.63) is 54.1 Å². The van der Waals surface area contributed by atoms with Crippen molar-refractivity contribution < 1.29 is 19.2 Å². The molecule has 1 fully saturated rings. The zero-order valence-corrected chi connectivity index (χ0v) is 19.0. The van der Waals surface area contributed by atoms with Gasteiger partial charge in [0.25, 0.3) is 0 Å². The number of carbonyl (C=O) groups is 4. The SMILES string of the molecule is NC(=O)C1CCCN(Cc2ccccc2NC(=O)CCC(=O)N2CC(=O)Nc3ccccc32)C1. The number of likely N-dealkylation sites (tertiary alicyclic amines) is 1. The summed E-state index contributed by atoms with van der Waals surface area (Å²) in [7, 11) is 0. The van der Waals surface area contributed by atoms with Crippen molar-refractivity contribution >= 4 is 40.7 Å². The Bertz CT molecular complexity index is 1100. The summed E-state index contributed by atoms with van der Waals surface area (Å²) in [6, 6.07) is 14.6. The number of nitrogens with two attached hydrogens (primary N) is 1. The van der Waals surface area contributed by atoms with Crippen molar-refractivity contribution in [3.63, 3.8) is 0 Å². The van der Waals surface area contributed by atoms with E-state index < -0.39 is 0 Å². The third-order valence-electron chi connectivity index (χ3n) is 6.23. The number of primary amides is 1. The van der Waals surface area contributed by atoms with Crippen LogP contribution in [0.1, 0.15) is 31.2 Å². The van der Waals surface area contributed by atoms with Gasteiger partial charge in [-0.2, -0.15) is 0 Å². The smallest absolute Gasteiger partial charge is 0.244 e. The average molecular weight is 464 g/mol. The van der Waals surface area contributed by atoms with Gasteiger partial charge < -0.3 is 21.3 Å². The van der Waals surface area contributed by atoms with Crippen molar-refractivity contribution in [2.45, 2.75) is 32.2 Å². The second-order valence-electron chi connectivity index (χ2n) is 8.73. The Hall–Kier alpha value is -3.72. The number of amides is 4. The number of nitrogens with zero attached hydrogens (tertiary/aromatic N) is 2. The van der Waals surface area contributed by atoms with Crippen molar-refractivity contribution in [1.29, 1.82) is 0 Å². The van der Waals surface area contributed by atoms with Crippen LogP contribution in [0.15, 0.2) is 48.5 Å². The molecule has 34 heavy (non-hydrogen) atoms. The summed E-state index contributed by atoms with van der Waals surface area (Å²) in [6.45, 7) is 2.00. The summed E-state index contributed by atoms with van der Waals surface area (Å²) in [4.78, 5) is 52.6. The summed E-state index contributed by atoms with van der Waals surface area (Å²) in [5, 5.41) is 5.66. The van der Waals surface area contributed by atoms with Gasteiger partial charge in [0, 0.05) is 31.6 Å². The molecule has 0 aliphatic carbocycles. The number of piperidine rings is 1. The maximum absolute atomic E-state index is 12.8. The highest BCUT2D eigenvalue weighted by Gasteiger charge is 2.27. The van der Waals surface area contributed by atoms with Gasteiger partial charge in [0.1, 0.15) is 6.54 Å². The van der Waals surface area contributed by atoms with E-state index in [1.54, 1.807) is 24.3 Å². The minimum absolute atomic E-state index is 0.000910. The Kier molecular flexibility index (Phi) is 7.22. The molecule has 2 aromatic rings. The zero-order valence-electron chi connectivity index (χ0n) is 19.0. The lowest BCUT2D eigenvalue weighted by molar-refractivity contribution is -0.124. The van der Waals surface area contributed by atoms with E-state index in [9.17, 15) is 19.2 Å². The molecule has 2 heterocycles. The van der Waals surface area contributed by atoms with Crippen LogP contribution >= 0.6 is 0 Å². The Labute approximate surface area is 198 Å². The number of anilines is 3. The molecule has 0 saturated carbocycles. The number of para-hydroxylation sites is 3. The van der Waals surface area contributed by atoms with Crippen molar-refractivity contribution in [1.82, 2.24) is 4.90 Å². The predicted octanol–water partition coefficient (Wildman–Crippen LogP) is 2.09. The molecule has 1 saturated heterocycles. The summed E-state index contributed by atoms with van der Waals surface area (Å²) < 4.78 is 0. The summed E-state index contributed by atoms with van der Waals surface area (Å²) in [5.41, 5.74) is 8.33. The van der Waals surface area contributed by atoms with Gasteiger partial charge in [-0.15, -0.1) is 0 Å². The fourth-order valence-electron chi connectivity index (χ4n) is 4.48. The van der Waals surface area contributed by atoms with E-state index in [1.165, 1.54) is 4.90 Å². The van der Waals surface area contributed by atoms with Crippen LogP contribution in [0.2, 0.25) is 0 Å². The predicted molar refractivity (Wildman–Crippen MR) is 129 cm³/mol. The first kappa shape index (κ1) is 23.4. The van der Waals surface area contributed by atoms with E-state index in [2.05, 4.69) is 15.5 Å². The first-order valence-corrected chi connectivity index (χ1v) is 11.5. The summed E-state index contributed by atoms with van der Waals surface area (Å²) >= 11 is 0. The van der Waals surface area contributed by atoms with Gasteiger partial charge in [-0.1, -0.05) is 30.3 Å². The average Bonchev–Trinajstić information content (AvgIpc) is 2.83. The lowest BCUT2D eigenvalue weighted by Crippen LogP contribution is -2.42. The largest absolute Gasteiger partial charge is 0.369 e. The van der Waals surface area contributed by atoms with Crippen molar-refractivity contribution in [2.75, 3.05) is 35.2 Å². The topological polar surface area (TPSA) is 125 Å². The molecule has 0 radical (unpaired) electrons. The first-order valence-electron chi connectivity index (χ1n) is 11.5. The first-order chi connectivity index (χ1) is 16.4. The zero-order chi connectivity index (χ0) is 24.1. The standard InChI is InChI=1S/C25H29N5O4/c26-25(34)18-7-5-13-29(15-18)14-17-6-1-2-8-19(17)27-22(31)11-12-24(33)30-16-23(32)28-20-9-3-4-10-21(20)30/h1-4,6,8-10,18H,5,7,11-16H2,(H2,26,34)(H,27,31)(H,28,32). The molecule has 4 rings (SSSR count). The number of hydrogen-bond acceptors (Lipinski definition) is 5. The maximum atomic E-state index is 12.8. The third-order valence-corrected chi connectivity index (χ3v) is 6.23. The number of nitrogens with one attached hydrogen (secondary N) is 2. The molecule has 4 amide bonds. The molecule has 0 aromatic heterocycles. The molecule has 2 aliphatic rings.